The molecule has 0 amide bonds. The van der Waals surface area contributed by atoms with Gasteiger partial charge in [-0.15, -0.1) is 0 Å². The maximum atomic E-state index is 13.6. The Labute approximate surface area is 109 Å². The van der Waals surface area contributed by atoms with Gasteiger partial charge in [-0.25, -0.2) is 9.18 Å². The molecule has 0 spiro atoms. The average molecular weight is 271 g/mol. The number of rotatable bonds is 6. The maximum Gasteiger partial charge on any atom is 0.347 e. The average Bonchev–Trinajstić information content (AvgIpc) is 2.37. The van der Waals surface area contributed by atoms with Crippen LogP contribution in [0.25, 0.3) is 0 Å². The highest BCUT2D eigenvalue weighted by molar-refractivity contribution is 5.75. The van der Waals surface area contributed by atoms with Crippen molar-refractivity contribution >= 4 is 11.7 Å². The van der Waals surface area contributed by atoms with Crippen molar-refractivity contribution in [2.75, 3.05) is 6.61 Å². The van der Waals surface area contributed by atoms with E-state index < -0.39 is 34.3 Å². The molecular formula is C12H14FNO5. The van der Waals surface area contributed by atoms with Gasteiger partial charge in [0.05, 0.1) is 11.5 Å². The molecule has 0 saturated heterocycles. The van der Waals surface area contributed by atoms with Crippen LogP contribution >= 0.6 is 0 Å². The second-order valence-corrected chi connectivity index (χ2v) is 3.61. The summed E-state index contributed by atoms with van der Waals surface area (Å²) < 4.78 is 23.4. The fourth-order valence-electron chi connectivity index (χ4n) is 1.43. The van der Waals surface area contributed by atoms with Gasteiger partial charge in [0.2, 0.25) is 5.75 Å². The van der Waals surface area contributed by atoms with E-state index in [0.29, 0.717) is 0 Å². The van der Waals surface area contributed by atoms with Gasteiger partial charge in [0.15, 0.2) is 11.9 Å². The number of hydrogen-bond donors (Lipinski definition) is 0. The van der Waals surface area contributed by atoms with E-state index in [1.165, 1.54) is 6.07 Å². The first kappa shape index (κ1) is 14.9. The molecule has 0 heterocycles. The molecule has 1 unspecified atom stereocenters. The molecule has 1 aromatic carbocycles. The van der Waals surface area contributed by atoms with E-state index >= 15 is 0 Å². The van der Waals surface area contributed by atoms with Crippen LogP contribution in [-0.2, 0) is 9.53 Å². The number of para-hydroxylation sites is 1. The third kappa shape index (κ3) is 3.64. The fourth-order valence-corrected chi connectivity index (χ4v) is 1.43. The normalized spacial score (nSPS) is 11.7. The lowest BCUT2D eigenvalue weighted by atomic mass is 10.2. The van der Waals surface area contributed by atoms with Gasteiger partial charge in [0, 0.05) is 6.07 Å². The number of esters is 1. The highest BCUT2D eigenvalue weighted by atomic mass is 19.1. The van der Waals surface area contributed by atoms with E-state index in [9.17, 15) is 19.3 Å². The van der Waals surface area contributed by atoms with E-state index in [-0.39, 0.29) is 13.0 Å². The number of benzene rings is 1. The molecule has 0 bridgehead atoms. The largest absolute Gasteiger partial charge is 0.469 e. The maximum absolute atomic E-state index is 13.6. The molecule has 0 aliphatic carbocycles. The summed E-state index contributed by atoms with van der Waals surface area (Å²) in [5.74, 6) is -2.12. The van der Waals surface area contributed by atoms with Crippen molar-refractivity contribution in [2.24, 2.45) is 0 Å². The van der Waals surface area contributed by atoms with Gasteiger partial charge in [-0.1, -0.05) is 13.0 Å². The van der Waals surface area contributed by atoms with Crippen molar-refractivity contribution in [2.45, 2.75) is 26.4 Å². The Balaban J connectivity index is 3.03. The number of nitrogens with zero attached hydrogens (tertiary/aromatic N) is 1. The zero-order valence-electron chi connectivity index (χ0n) is 10.6. The molecular weight excluding hydrogens is 257 g/mol. The minimum atomic E-state index is -1.07. The minimum Gasteiger partial charge on any atom is -0.469 e. The smallest absolute Gasteiger partial charge is 0.347 e. The fraction of sp³-hybridized carbons (Fsp3) is 0.417. The van der Waals surface area contributed by atoms with E-state index in [1.807, 2.05) is 0 Å². The molecule has 0 aliphatic heterocycles. The molecule has 1 atom stereocenters. The summed E-state index contributed by atoms with van der Waals surface area (Å²) >= 11 is 0. The molecule has 0 N–H and O–H groups in total. The van der Waals surface area contributed by atoms with Crippen molar-refractivity contribution in [3.05, 3.63) is 34.1 Å². The number of nitro groups is 1. The van der Waals surface area contributed by atoms with Crippen molar-refractivity contribution in [3.63, 3.8) is 0 Å². The summed E-state index contributed by atoms with van der Waals surface area (Å²) in [7, 11) is 0. The Hall–Kier alpha value is -2.18. The molecule has 6 nitrogen and oxygen atoms in total. The summed E-state index contributed by atoms with van der Waals surface area (Å²) in [5, 5.41) is 10.8. The van der Waals surface area contributed by atoms with Crippen LogP contribution in [-0.4, -0.2) is 23.6 Å². The summed E-state index contributed by atoms with van der Waals surface area (Å²) in [5.41, 5.74) is -0.525. The third-order valence-electron chi connectivity index (χ3n) is 2.32. The molecule has 0 saturated carbocycles. The zero-order chi connectivity index (χ0) is 14.4. The molecule has 0 aromatic heterocycles. The summed E-state index contributed by atoms with van der Waals surface area (Å²) in [4.78, 5) is 21.5. The van der Waals surface area contributed by atoms with Gasteiger partial charge < -0.3 is 9.47 Å². The van der Waals surface area contributed by atoms with Crippen molar-refractivity contribution < 1.29 is 23.6 Å². The van der Waals surface area contributed by atoms with Crippen LogP contribution in [0.3, 0.4) is 0 Å². The van der Waals surface area contributed by atoms with Crippen LogP contribution < -0.4 is 4.74 Å². The molecule has 0 radical (unpaired) electrons. The standard InChI is InChI=1S/C12H14FNO5/c1-3-10(12(15)18-4-2)19-11-8(13)6-5-7-9(11)14(16)17/h5-7,10H,3-4H2,1-2H3. The van der Waals surface area contributed by atoms with Crippen molar-refractivity contribution in [1.29, 1.82) is 0 Å². The van der Waals surface area contributed by atoms with E-state index in [4.69, 9.17) is 9.47 Å². The lowest BCUT2D eigenvalue weighted by Crippen LogP contribution is -2.29. The zero-order valence-corrected chi connectivity index (χ0v) is 10.6. The molecule has 1 rings (SSSR count). The Morgan fingerprint density at radius 3 is 2.68 bits per heavy atom. The second-order valence-electron chi connectivity index (χ2n) is 3.61. The summed E-state index contributed by atoms with van der Waals surface area (Å²) in [6, 6.07) is 3.34. The lowest BCUT2D eigenvalue weighted by Gasteiger charge is -2.16. The molecule has 7 heteroatoms. The first-order valence-corrected chi connectivity index (χ1v) is 5.77. The van der Waals surface area contributed by atoms with Crippen molar-refractivity contribution in [1.82, 2.24) is 0 Å². The monoisotopic (exact) mass is 271 g/mol. The topological polar surface area (TPSA) is 78.7 Å². The molecule has 1 aromatic rings. The Kier molecular flexibility index (Phi) is 5.23. The van der Waals surface area contributed by atoms with Crippen LogP contribution in [0.5, 0.6) is 5.75 Å². The second kappa shape index (κ2) is 6.67. The Bertz CT molecular complexity index is 477. The van der Waals surface area contributed by atoms with Crippen LogP contribution in [0, 0.1) is 15.9 Å². The van der Waals surface area contributed by atoms with Gasteiger partial charge in [-0.2, -0.15) is 0 Å². The van der Waals surface area contributed by atoms with Crippen LogP contribution in [0.4, 0.5) is 10.1 Å². The van der Waals surface area contributed by atoms with E-state index in [1.54, 1.807) is 13.8 Å². The van der Waals surface area contributed by atoms with E-state index in [0.717, 1.165) is 12.1 Å². The van der Waals surface area contributed by atoms with Gasteiger partial charge in [0.1, 0.15) is 0 Å². The quantitative estimate of drug-likeness (QED) is 0.451. The number of carbonyl (C=O) groups is 1. The minimum absolute atomic E-state index is 0.151. The van der Waals surface area contributed by atoms with Crippen LogP contribution in [0.1, 0.15) is 20.3 Å². The van der Waals surface area contributed by atoms with Crippen LogP contribution in [0.2, 0.25) is 0 Å². The highest BCUT2D eigenvalue weighted by Crippen LogP contribution is 2.31. The number of carbonyl (C=O) groups excluding carboxylic acids is 1. The first-order chi connectivity index (χ1) is 9.01. The molecule has 0 aliphatic rings. The predicted molar refractivity (Wildman–Crippen MR) is 64.4 cm³/mol. The summed E-state index contributed by atoms with van der Waals surface area (Å²) in [6.45, 7) is 3.41. The molecule has 19 heavy (non-hydrogen) atoms. The first-order valence-electron chi connectivity index (χ1n) is 5.77. The highest BCUT2D eigenvalue weighted by Gasteiger charge is 2.26. The number of hydrogen-bond acceptors (Lipinski definition) is 5. The number of nitro benzene ring substituents is 1. The Morgan fingerprint density at radius 1 is 1.47 bits per heavy atom. The number of halogens is 1. The SMILES string of the molecule is CCOC(=O)C(CC)Oc1c(F)cccc1[N+](=O)[O-]. The van der Waals surface area contributed by atoms with Gasteiger partial charge in [-0.05, 0) is 19.4 Å². The predicted octanol–water partition coefficient (Wildman–Crippen LogP) is 2.45. The number of ether oxygens (including phenoxy) is 2. The third-order valence-corrected chi connectivity index (χ3v) is 2.32. The van der Waals surface area contributed by atoms with Gasteiger partial charge in [0.25, 0.3) is 0 Å². The van der Waals surface area contributed by atoms with Crippen LogP contribution in [0.15, 0.2) is 18.2 Å². The van der Waals surface area contributed by atoms with Gasteiger partial charge >= 0.3 is 11.7 Å². The Morgan fingerprint density at radius 2 is 2.16 bits per heavy atom. The van der Waals surface area contributed by atoms with Gasteiger partial charge in [-0.3, -0.25) is 10.1 Å². The van der Waals surface area contributed by atoms with Crippen molar-refractivity contribution in [3.8, 4) is 5.75 Å². The van der Waals surface area contributed by atoms with E-state index in [2.05, 4.69) is 0 Å². The lowest BCUT2D eigenvalue weighted by molar-refractivity contribution is -0.386. The molecule has 104 valence electrons. The summed E-state index contributed by atoms with van der Waals surface area (Å²) in [6.07, 6.45) is -0.861. The molecule has 0 fully saturated rings.